The molecule has 12 heteroatoms. The zero-order chi connectivity index (χ0) is 22.4. The molecule has 1 aromatic carbocycles. The molecular weight excluding hydrogens is 414 g/mol. The molecule has 2 aliphatic heterocycles. The maximum absolute atomic E-state index is 12.6. The number of hydroxylamine groups is 2. The van der Waals surface area contributed by atoms with Crippen molar-refractivity contribution in [1.82, 2.24) is 15.0 Å². The van der Waals surface area contributed by atoms with Crippen molar-refractivity contribution in [3.05, 3.63) is 23.8 Å². The van der Waals surface area contributed by atoms with Gasteiger partial charge < -0.3 is 14.9 Å². The van der Waals surface area contributed by atoms with Crippen molar-refractivity contribution >= 4 is 33.2 Å². The second-order valence-corrected chi connectivity index (χ2v) is 9.67. The van der Waals surface area contributed by atoms with Crippen LogP contribution in [0.15, 0.2) is 28.2 Å². The predicted octanol–water partition coefficient (Wildman–Crippen LogP) is 0.146. The molecule has 2 aliphatic rings. The normalized spacial score (nSPS) is 23.0. The SMILES string of the molecule is CN1CCN(c2cc(C3=NN(C)C(=O)C3(C)N(O)C(=O)O)ccc2S(C)(=O)=O)CC1. The van der Waals surface area contributed by atoms with Crippen LogP contribution in [0.4, 0.5) is 10.5 Å². The van der Waals surface area contributed by atoms with Crippen LogP contribution in [0.2, 0.25) is 0 Å². The topological polar surface area (TPSA) is 134 Å². The van der Waals surface area contributed by atoms with E-state index < -0.39 is 27.4 Å². The summed E-state index contributed by atoms with van der Waals surface area (Å²) in [7, 11) is -0.207. The lowest BCUT2D eigenvalue weighted by molar-refractivity contribution is -0.155. The van der Waals surface area contributed by atoms with Crippen LogP contribution >= 0.6 is 0 Å². The smallest absolute Gasteiger partial charge is 0.432 e. The molecule has 2 amide bonds. The number of benzene rings is 1. The fourth-order valence-electron chi connectivity index (χ4n) is 3.70. The zero-order valence-corrected chi connectivity index (χ0v) is 18.0. The van der Waals surface area contributed by atoms with Gasteiger partial charge in [0.05, 0.1) is 10.6 Å². The third kappa shape index (κ3) is 3.61. The highest BCUT2D eigenvalue weighted by atomic mass is 32.2. The second-order valence-electron chi connectivity index (χ2n) is 7.69. The molecule has 1 saturated heterocycles. The van der Waals surface area contributed by atoms with Gasteiger partial charge in [0.15, 0.2) is 15.4 Å². The van der Waals surface area contributed by atoms with E-state index >= 15 is 0 Å². The molecule has 0 bridgehead atoms. The summed E-state index contributed by atoms with van der Waals surface area (Å²) >= 11 is 0. The van der Waals surface area contributed by atoms with E-state index in [4.69, 9.17) is 0 Å². The minimum Gasteiger partial charge on any atom is -0.463 e. The number of hydrogen-bond donors (Lipinski definition) is 2. The number of hydrogen-bond acceptors (Lipinski definition) is 8. The third-order valence-corrected chi connectivity index (χ3v) is 6.65. The Balaban J connectivity index is 2.14. The van der Waals surface area contributed by atoms with Gasteiger partial charge >= 0.3 is 6.09 Å². The van der Waals surface area contributed by atoms with Crippen LogP contribution in [0.5, 0.6) is 0 Å². The van der Waals surface area contributed by atoms with Crippen molar-refractivity contribution in [2.75, 3.05) is 51.4 Å². The monoisotopic (exact) mass is 439 g/mol. The Labute approximate surface area is 174 Å². The highest BCUT2D eigenvalue weighted by Crippen LogP contribution is 2.33. The number of carbonyl (C=O) groups excluding carboxylic acids is 1. The first kappa shape index (κ1) is 22.0. The van der Waals surface area contributed by atoms with Gasteiger partial charge in [0.25, 0.3) is 5.91 Å². The first-order valence-corrected chi connectivity index (χ1v) is 11.1. The fourth-order valence-corrected chi connectivity index (χ4v) is 4.59. The zero-order valence-electron chi connectivity index (χ0n) is 17.2. The van der Waals surface area contributed by atoms with Crippen LogP contribution in [0.25, 0.3) is 0 Å². The molecule has 1 atom stereocenters. The van der Waals surface area contributed by atoms with E-state index in [9.17, 15) is 28.3 Å². The van der Waals surface area contributed by atoms with E-state index in [2.05, 4.69) is 10.0 Å². The largest absolute Gasteiger partial charge is 0.463 e. The molecule has 2 heterocycles. The van der Waals surface area contributed by atoms with Crippen molar-refractivity contribution in [3.63, 3.8) is 0 Å². The molecule has 1 aromatic rings. The molecule has 164 valence electrons. The summed E-state index contributed by atoms with van der Waals surface area (Å²) < 4.78 is 24.7. The predicted molar refractivity (Wildman–Crippen MR) is 109 cm³/mol. The number of amides is 2. The van der Waals surface area contributed by atoms with Crippen molar-refractivity contribution in [1.29, 1.82) is 0 Å². The maximum atomic E-state index is 12.6. The lowest BCUT2D eigenvalue weighted by Crippen LogP contribution is -2.58. The van der Waals surface area contributed by atoms with Crippen molar-refractivity contribution in [2.45, 2.75) is 17.4 Å². The van der Waals surface area contributed by atoms with Gasteiger partial charge in [0, 0.05) is 45.0 Å². The number of nitrogens with zero attached hydrogens (tertiary/aromatic N) is 5. The van der Waals surface area contributed by atoms with Gasteiger partial charge in [-0.1, -0.05) is 6.07 Å². The van der Waals surface area contributed by atoms with Crippen molar-refractivity contribution < 1.29 is 28.3 Å². The number of anilines is 1. The highest BCUT2D eigenvalue weighted by molar-refractivity contribution is 7.90. The number of sulfone groups is 1. The number of likely N-dealkylation sites (N-methyl/N-ethyl adjacent to an activating group) is 2. The molecule has 0 spiro atoms. The van der Waals surface area contributed by atoms with Crippen LogP contribution in [0.1, 0.15) is 12.5 Å². The Morgan fingerprint density at radius 3 is 2.33 bits per heavy atom. The maximum Gasteiger partial charge on any atom is 0.432 e. The summed E-state index contributed by atoms with van der Waals surface area (Å²) in [5.41, 5.74) is -1.16. The van der Waals surface area contributed by atoms with Gasteiger partial charge in [0.1, 0.15) is 5.71 Å². The Morgan fingerprint density at radius 2 is 1.80 bits per heavy atom. The quantitative estimate of drug-likeness (QED) is 0.500. The number of carboxylic acid groups (broad SMARTS) is 1. The number of rotatable bonds is 4. The molecule has 11 nitrogen and oxygen atoms in total. The Kier molecular flexibility index (Phi) is 5.52. The molecular formula is C18H25N5O6S. The van der Waals surface area contributed by atoms with E-state index in [1.54, 1.807) is 6.07 Å². The number of piperazine rings is 1. The van der Waals surface area contributed by atoms with Crippen LogP contribution in [-0.4, -0.2) is 103 Å². The van der Waals surface area contributed by atoms with E-state index in [1.165, 1.54) is 26.1 Å². The van der Waals surface area contributed by atoms with E-state index in [-0.39, 0.29) is 15.7 Å². The summed E-state index contributed by atoms with van der Waals surface area (Å²) in [4.78, 5) is 28.2. The first-order valence-electron chi connectivity index (χ1n) is 9.24. The molecule has 0 radical (unpaired) electrons. The molecule has 0 saturated carbocycles. The lowest BCUT2D eigenvalue weighted by atomic mass is 9.89. The van der Waals surface area contributed by atoms with E-state index in [0.717, 1.165) is 24.4 Å². The molecule has 2 N–H and O–H groups in total. The Hall–Kier alpha value is -2.70. The fraction of sp³-hybridized carbons (Fsp3) is 0.500. The van der Waals surface area contributed by atoms with Gasteiger partial charge in [-0.3, -0.25) is 10.0 Å². The van der Waals surface area contributed by atoms with Crippen molar-refractivity contribution in [3.8, 4) is 0 Å². The first-order chi connectivity index (χ1) is 13.9. The Bertz CT molecular complexity index is 1020. The van der Waals surface area contributed by atoms with Gasteiger partial charge in [-0.05, 0) is 26.1 Å². The van der Waals surface area contributed by atoms with Gasteiger partial charge in [-0.2, -0.15) is 10.2 Å². The molecule has 0 aliphatic carbocycles. The van der Waals surface area contributed by atoms with Gasteiger partial charge in [0.2, 0.25) is 0 Å². The molecule has 3 rings (SSSR count). The number of carbonyl (C=O) groups is 2. The minimum atomic E-state index is -3.54. The molecule has 30 heavy (non-hydrogen) atoms. The van der Waals surface area contributed by atoms with Crippen LogP contribution < -0.4 is 4.90 Å². The van der Waals surface area contributed by atoms with E-state index in [0.29, 0.717) is 24.3 Å². The summed E-state index contributed by atoms with van der Waals surface area (Å²) in [6.45, 7) is 3.96. The summed E-state index contributed by atoms with van der Waals surface area (Å²) in [6.07, 6.45) is -0.586. The van der Waals surface area contributed by atoms with Crippen molar-refractivity contribution in [2.24, 2.45) is 5.10 Å². The lowest BCUT2D eigenvalue weighted by Gasteiger charge is -2.35. The van der Waals surface area contributed by atoms with Crippen LogP contribution in [-0.2, 0) is 14.6 Å². The molecule has 1 fully saturated rings. The third-order valence-electron chi connectivity index (χ3n) is 5.50. The second kappa shape index (κ2) is 7.52. The standard InChI is InChI=1S/C18H25N5O6S/c1-18(23(27)17(25)26)15(19-21(3)16(18)24)12-5-6-14(30(4,28)29)13(11-12)22-9-7-20(2)8-10-22/h5-6,11,27H,7-10H2,1-4H3,(H,25,26). The van der Waals surface area contributed by atoms with Gasteiger partial charge in [-0.15, -0.1) is 0 Å². The molecule has 0 aromatic heterocycles. The van der Waals surface area contributed by atoms with Gasteiger partial charge in [-0.25, -0.2) is 18.2 Å². The summed E-state index contributed by atoms with van der Waals surface area (Å²) in [6, 6.07) is 4.47. The summed E-state index contributed by atoms with van der Waals surface area (Å²) in [5, 5.41) is 24.4. The average molecular weight is 439 g/mol. The average Bonchev–Trinajstić information content (AvgIpc) is 2.91. The van der Waals surface area contributed by atoms with Crippen LogP contribution in [0.3, 0.4) is 0 Å². The highest BCUT2D eigenvalue weighted by Gasteiger charge is 2.53. The van der Waals surface area contributed by atoms with Crippen LogP contribution in [0, 0.1) is 0 Å². The molecule has 1 unspecified atom stereocenters. The minimum absolute atomic E-state index is 0.00956. The van der Waals surface area contributed by atoms with E-state index in [1.807, 2.05) is 11.9 Å². The Morgan fingerprint density at radius 1 is 1.20 bits per heavy atom. The number of hydrazone groups is 1. The summed E-state index contributed by atoms with van der Waals surface area (Å²) in [5.74, 6) is -0.726.